The number of carboxylic acid groups (broad SMARTS) is 1. The molecule has 0 saturated heterocycles. The van der Waals surface area contributed by atoms with Crippen molar-refractivity contribution in [2.24, 2.45) is 5.41 Å². The van der Waals surface area contributed by atoms with Crippen LogP contribution in [0.5, 0.6) is 5.75 Å². The Kier molecular flexibility index (Phi) is 5.64. The Morgan fingerprint density at radius 3 is 2.22 bits per heavy atom. The maximum atomic E-state index is 12.9. The first-order valence-corrected chi connectivity index (χ1v) is 8.15. The molecule has 1 aromatic carbocycles. The summed E-state index contributed by atoms with van der Waals surface area (Å²) in [6, 6.07) is 6.96. The molecule has 5 heteroatoms. The molecule has 0 bridgehead atoms. The summed E-state index contributed by atoms with van der Waals surface area (Å²) in [7, 11) is 1.80. The van der Waals surface area contributed by atoms with E-state index in [2.05, 4.69) is 6.92 Å². The highest BCUT2D eigenvalue weighted by molar-refractivity contribution is 5.97. The lowest BCUT2D eigenvalue weighted by Crippen LogP contribution is -2.40. The SMILES string of the molecule is CN(C(=O)C1(C)CCCCCC1)c1ccc(OCC(=O)O)cc1. The highest BCUT2D eigenvalue weighted by Gasteiger charge is 2.36. The second-order valence-electron chi connectivity index (χ2n) is 6.52. The Morgan fingerprint density at radius 1 is 1.13 bits per heavy atom. The van der Waals surface area contributed by atoms with Crippen molar-refractivity contribution in [2.45, 2.75) is 45.4 Å². The number of anilines is 1. The molecule has 1 N–H and O–H groups in total. The van der Waals surface area contributed by atoms with Gasteiger partial charge >= 0.3 is 5.97 Å². The van der Waals surface area contributed by atoms with Crippen LogP contribution in [0, 0.1) is 5.41 Å². The zero-order valence-corrected chi connectivity index (χ0v) is 13.9. The number of carbonyl (C=O) groups is 2. The number of hydrogen-bond acceptors (Lipinski definition) is 3. The molecule has 1 aromatic rings. The minimum Gasteiger partial charge on any atom is -0.482 e. The summed E-state index contributed by atoms with van der Waals surface area (Å²) in [4.78, 5) is 25.1. The van der Waals surface area contributed by atoms with Crippen LogP contribution in [0.2, 0.25) is 0 Å². The van der Waals surface area contributed by atoms with Gasteiger partial charge in [-0.2, -0.15) is 0 Å². The Labute approximate surface area is 137 Å². The average molecular weight is 319 g/mol. The first-order chi connectivity index (χ1) is 10.9. The minimum absolute atomic E-state index is 0.151. The molecule has 0 spiro atoms. The van der Waals surface area contributed by atoms with Gasteiger partial charge in [-0.1, -0.05) is 32.6 Å². The number of carbonyl (C=O) groups excluding carboxylic acids is 1. The molecule has 1 fully saturated rings. The lowest BCUT2D eigenvalue weighted by atomic mass is 9.81. The van der Waals surface area contributed by atoms with Crippen molar-refractivity contribution in [1.82, 2.24) is 0 Å². The minimum atomic E-state index is -1.01. The molecule has 0 radical (unpaired) electrons. The quantitative estimate of drug-likeness (QED) is 0.844. The van der Waals surface area contributed by atoms with Crippen LogP contribution in [-0.2, 0) is 9.59 Å². The molecule has 0 aliphatic heterocycles. The smallest absolute Gasteiger partial charge is 0.341 e. The Morgan fingerprint density at radius 2 is 1.70 bits per heavy atom. The van der Waals surface area contributed by atoms with Crippen LogP contribution in [0.1, 0.15) is 45.4 Å². The largest absolute Gasteiger partial charge is 0.482 e. The summed E-state index contributed by atoms with van der Waals surface area (Å²) in [5, 5.41) is 8.61. The predicted molar refractivity (Wildman–Crippen MR) is 88.8 cm³/mol. The summed E-state index contributed by atoms with van der Waals surface area (Å²) in [5.41, 5.74) is 0.507. The number of carboxylic acids is 1. The second kappa shape index (κ2) is 7.49. The topological polar surface area (TPSA) is 66.8 Å². The highest BCUT2D eigenvalue weighted by atomic mass is 16.5. The number of rotatable bonds is 5. The summed E-state index contributed by atoms with van der Waals surface area (Å²) >= 11 is 0. The van der Waals surface area contributed by atoms with Gasteiger partial charge in [-0.15, -0.1) is 0 Å². The van der Waals surface area contributed by atoms with E-state index >= 15 is 0 Å². The van der Waals surface area contributed by atoms with E-state index in [0.717, 1.165) is 31.4 Å². The van der Waals surface area contributed by atoms with E-state index < -0.39 is 5.97 Å². The van der Waals surface area contributed by atoms with Gasteiger partial charge in [-0.05, 0) is 37.1 Å². The molecule has 0 atom stereocenters. The van der Waals surface area contributed by atoms with Crippen LogP contribution in [0.4, 0.5) is 5.69 Å². The monoisotopic (exact) mass is 319 g/mol. The molecule has 126 valence electrons. The average Bonchev–Trinajstić information content (AvgIpc) is 2.77. The number of aliphatic carboxylic acids is 1. The molecule has 0 aromatic heterocycles. The van der Waals surface area contributed by atoms with E-state index in [-0.39, 0.29) is 17.9 Å². The van der Waals surface area contributed by atoms with Gasteiger partial charge < -0.3 is 14.7 Å². The molecule has 23 heavy (non-hydrogen) atoms. The molecule has 1 aliphatic carbocycles. The van der Waals surface area contributed by atoms with Crippen LogP contribution >= 0.6 is 0 Å². The number of hydrogen-bond donors (Lipinski definition) is 1. The van der Waals surface area contributed by atoms with Gasteiger partial charge in [-0.3, -0.25) is 4.79 Å². The van der Waals surface area contributed by atoms with Crippen molar-refractivity contribution < 1.29 is 19.4 Å². The fourth-order valence-electron chi connectivity index (χ4n) is 3.16. The van der Waals surface area contributed by atoms with Gasteiger partial charge in [0.1, 0.15) is 5.75 Å². The van der Waals surface area contributed by atoms with Gasteiger partial charge in [0.15, 0.2) is 6.61 Å². The van der Waals surface area contributed by atoms with Crippen molar-refractivity contribution in [3.05, 3.63) is 24.3 Å². The van der Waals surface area contributed by atoms with Crippen molar-refractivity contribution in [3.63, 3.8) is 0 Å². The van der Waals surface area contributed by atoms with E-state index in [1.165, 1.54) is 12.8 Å². The number of benzene rings is 1. The standard InChI is InChI=1S/C18H25NO4/c1-18(11-5-3-4-6-12-18)17(22)19(2)14-7-9-15(10-8-14)23-13-16(20)21/h7-10H,3-6,11-13H2,1-2H3,(H,20,21). The molecule has 5 nitrogen and oxygen atoms in total. The normalized spacial score (nSPS) is 17.1. The third kappa shape index (κ3) is 4.47. The van der Waals surface area contributed by atoms with Crippen molar-refractivity contribution in [2.75, 3.05) is 18.6 Å². The van der Waals surface area contributed by atoms with Crippen LogP contribution in [0.3, 0.4) is 0 Å². The molecule has 1 aliphatic rings. The Balaban J connectivity index is 2.05. The zero-order chi connectivity index (χ0) is 16.9. The van der Waals surface area contributed by atoms with Crippen molar-refractivity contribution >= 4 is 17.6 Å². The first kappa shape index (κ1) is 17.3. The van der Waals surface area contributed by atoms with Gasteiger partial charge in [0.25, 0.3) is 0 Å². The van der Waals surface area contributed by atoms with Crippen LogP contribution in [-0.4, -0.2) is 30.6 Å². The van der Waals surface area contributed by atoms with Crippen molar-refractivity contribution in [1.29, 1.82) is 0 Å². The number of ether oxygens (including phenoxy) is 1. The predicted octanol–water partition coefficient (Wildman–Crippen LogP) is 3.47. The summed E-state index contributed by atoms with van der Waals surface area (Å²) in [5.74, 6) is -0.376. The Hall–Kier alpha value is -2.04. The molecule has 0 heterocycles. The van der Waals surface area contributed by atoms with Crippen LogP contribution < -0.4 is 9.64 Å². The molecular formula is C18H25NO4. The van der Waals surface area contributed by atoms with Gasteiger partial charge in [0.05, 0.1) is 0 Å². The van der Waals surface area contributed by atoms with Crippen molar-refractivity contribution in [3.8, 4) is 5.75 Å². The summed E-state index contributed by atoms with van der Waals surface area (Å²) < 4.78 is 5.11. The van der Waals surface area contributed by atoms with Crippen LogP contribution in [0.25, 0.3) is 0 Å². The van der Waals surface area contributed by atoms with Gasteiger partial charge in [-0.25, -0.2) is 4.79 Å². The molecule has 1 amide bonds. The Bertz CT molecular complexity index is 545. The fourth-order valence-corrected chi connectivity index (χ4v) is 3.16. The zero-order valence-electron chi connectivity index (χ0n) is 13.9. The van der Waals surface area contributed by atoms with E-state index in [4.69, 9.17) is 9.84 Å². The fraction of sp³-hybridized carbons (Fsp3) is 0.556. The third-order valence-electron chi connectivity index (χ3n) is 4.61. The lowest BCUT2D eigenvalue weighted by molar-refractivity contribution is -0.139. The maximum absolute atomic E-state index is 12.9. The lowest BCUT2D eigenvalue weighted by Gasteiger charge is -2.32. The first-order valence-electron chi connectivity index (χ1n) is 8.15. The molecule has 2 rings (SSSR count). The number of amides is 1. The van der Waals surface area contributed by atoms with Gasteiger partial charge in [0, 0.05) is 18.2 Å². The summed E-state index contributed by atoms with van der Waals surface area (Å²) in [6.45, 7) is 1.70. The molecule has 1 saturated carbocycles. The number of nitrogens with zero attached hydrogens (tertiary/aromatic N) is 1. The molecular weight excluding hydrogens is 294 g/mol. The summed E-state index contributed by atoms with van der Waals surface area (Å²) in [6.07, 6.45) is 6.52. The van der Waals surface area contributed by atoms with Crippen LogP contribution in [0.15, 0.2) is 24.3 Å². The third-order valence-corrected chi connectivity index (χ3v) is 4.61. The van der Waals surface area contributed by atoms with Gasteiger partial charge in [0.2, 0.25) is 5.91 Å². The van der Waals surface area contributed by atoms with E-state index in [1.807, 2.05) is 0 Å². The van der Waals surface area contributed by atoms with E-state index in [1.54, 1.807) is 36.2 Å². The highest BCUT2D eigenvalue weighted by Crippen LogP contribution is 2.37. The van der Waals surface area contributed by atoms with E-state index in [9.17, 15) is 9.59 Å². The van der Waals surface area contributed by atoms with E-state index in [0.29, 0.717) is 5.75 Å². The molecule has 0 unspecified atom stereocenters. The second-order valence-corrected chi connectivity index (χ2v) is 6.52. The maximum Gasteiger partial charge on any atom is 0.341 e.